The molecule has 0 aromatic heterocycles. The first-order chi connectivity index (χ1) is 3.46. The first kappa shape index (κ1) is 45.1. The van der Waals surface area contributed by atoms with Crippen molar-refractivity contribution < 1.29 is 74.5 Å². The van der Waals surface area contributed by atoms with Crippen LogP contribution in [-0.4, -0.2) is 26.7 Å². The van der Waals surface area contributed by atoms with Crippen LogP contribution in [0.5, 0.6) is 0 Å². The maximum Gasteiger partial charge on any atom is 0.332 e. The second-order valence-electron chi connectivity index (χ2n) is 1.72. The minimum atomic E-state index is -1.13. The average Bonchev–Trinajstić information content (AvgIpc) is 1.25. The van der Waals surface area contributed by atoms with E-state index in [4.69, 9.17) is 0 Å². The van der Waals surface area contributed by atoms with Crippen LogP contribution in [0, 0.1) is 22.3 Å². The van der Waals surface area contributed by atoms with Crippen LogP contribution < -0.4 is 0 Å². The van der Waals surface area contributed by atoms with E-state index in [1.165, 1.54) is 0 Å². The van der Waals surface area contributed by atoms with Gasteiger partial charge in [-0.3, -0.25) is 0 Å². The molecule has 0 atom stereocenters. The Balaban J connectivity index is -0.00000000800. The minimum Gasteiger partial charge on any atom is -0.358 e. The van der Waals surface area contributed by atoms with Crippen molar-refractivity contribution in [3.8, 4) is 0 Å². The minimum absolute atomic E-state index is 0. The van der Waals surface area contributed by atoms with Gasteiger partial charge in [-0.15, -0.1) is 0 Å². The molecule has 0 fully saturated rings. The van der Waals surface area contributed by atoms with Gasteiger partial charge in [0.15, 0.2) is 0 Å². The van der Waals surface area contributed by atoms with Crippen LogP contribution in [0.25, 0.3) is 0 Å². The molecule has 0 aliphatic rings. The van der Waals surface area contributed by atoms with Gasteiger partial charge in [0, 0.05) is 65.4 Å². The summed E-state index contributed by atoms with van der Waals surface area (Å²) in [7, 11) is -2.00. The van der Waals surface area contributed by atoms with Crippen LogP contribution in [0.3, 0.4) is 0 Å². The zero-order valence-corrected chi connectivity index (χ0v) is 17.5. The zero-order valence-electron chi connectivity index (χ0n) is 9.92. The summed E-state index contributed by atoms with van der Waals surface area (Å²) in [6.07, 6.45) is 0. The van der Waals surface area contributed by atoms with Crippen molar-refractivity contribution in [2.45, 2.75) is 0 Å². The summed E-state index contributed by atoms with van der Waals surface area (Å²) in [5.41, 5.74) is 0. The maximum absolute atomic E-state index is 9.63. The number of hydrogen-bond donors (Lipinski definition) is 0. The van der Waals surface area contributed by atoms with Crippen LogP contribution >= 0.6 is 15.6 Å². The van der Waals surface area contributed by atoms with Crippen LogP contribution in [0.15, 0.2) is 0 Å². The molecule has 6 heteroatoms. The Bertz CT molecular complexity index is 80.5. The van der Waals surface area contributed by atoms with Crippen LogP contribution in [-0.2, 0) is 74.5 Å². The second-order valence-corrected chi connectivity index (χ2v) is 5.16. The molecule has 0 amide bonds. The van der Waals surface area contributed by atoms with Gasteiger partial charge in [0.05, 0.1) is 7.80 Å². The predicted octanol–water partition coefficient (Wildman–Crippen LogP) is 3.22. The SMILES string of the molecule is C[P+](C)=O.C[PH](C)=O.[CH3-].[CH3-].[CH3-].[Y].[Y]. The molecule has 0 saturated carbocycles. The van der Waals surface area contributed by atoms with E-state index in [0.717, 1.165) is 0 Å². The van der Waals surface area contributed by atoms with E-state index in [-0.39, 0.29) is 87.7 Å². The molecule has 0 unspecified atom stereocenters. The summed E-state index contributed by atoms with van der Waals surface area (Å²) in [6.45, 7) is 6.78. The van der Waals surface area contributed by atoms with Gasteiger partial charge in [-0.05, 0) is 13.3 Å². The predicted molar refractivity (Wildman–Crippen MR) is 59.5 cm³/mol. The summed E-state index contributed by atoms with van der Waals surface area (Å²) in [5.74, 6) is 0. The Kier molecular flexibility index (Phi) is 127. The molecule has 0 aliphatic heterocycles. The van der Waals surface area contributed by atoms with Crippen LogP contribution in [0.1, 0.15) is 0 Å². The van der Waals surface area contributed by atoms with Gasteiger partial charge in [-0.1, -0.05) is 4.57 Å². The van der Waals surface area contributed by atoms with E-state index in [1.54, 1.807) is 26.7 Å². The normalized spacial score (nSPS) is 4.69. The molecule has 0 bridgehead atoms. The van der Waals surface area contributed by atoms with E-state index in [2.05, 4.69) is 0 Å². The van der Waals surface area contributed by atoms with Crippen molar-refractivity contribution in [3.05, 3.63) is 22.3 Å². The largest absolute Gasteiger partial charge is 0.358 e. The molecular weight excluding hydrogens is 356 g/mol. The molecule has 0 rings (SSSR count). The molecule has 2 nitrogen and oxygen atoms in total. The molecule has 0 aliphatic carbocycles. The Morgan fingerprint density at radius 1 is 0.923 bits per heavy atom. The van der Waals surface area contributed by atoms with E-state index < -0.39 is 15.6 Å². The average molecular weight is 378 g/mol. The molecule has 0 heterocycles. The Hall–Kier alpha value is 2.54. The molecule has 0 saturated heterocycles. The molecule has 0 spiro atoms. The van der Waals surface area contributed by atoms with E-state index >= 15 is 0 Å². The summed E-state index contributed by atoms with van der Waals surface area (Å²) in [4.78, 5) is 0. The monoisotopic (exact) mass is 378 g/mol. The van der Waals surface area contributed by atoms with Crippen molar-refractivity contribution in [3.63, 3.8) is 0 Å². The van der Waals surface area contributed by atoms with Gasteiger partial charge in [0.2, 0.25) is 0 Å². The molecule has 2 radical (unpaired) electrons. The molecule has 13 heavy (non-hydrogen) atoms. The van der Waals surface area contributed by atoms with Crippen molar-refractivity contribution in [2.75, 3.05) is 26.7 Å². The van der Waals surface area contributed by atoms with Gasteiger partial charge >= 0.3 is 7.80 Å². The third-order valence-corrected chi connectivity index (χ3v) is 0. The van der Waals surface area contributed by atoms with Gasteiger partial charge in [0.1, 0.15) is 13.3 Å². The standard InChI is InChI=1S/C2H7OP.C2H6OP.3CH3.2Y/c2*1-4(2)3;;;;;/h4H,1-2H3;1-2H3;3*1H3;;/q;+1;3*-1;;. The summed E-state index contributed by atoms with van der Waals surface area (Å²) in [6, 6.07) is 0. The van der Waals surface area contributed by atoms with Crippen molar-refractivity contribution >= 4 is 15.6 Å². The summed E-state index contributed by atoms with van der Waals surface area (Å²) < 4.78 is 19.2. The third kappa shape index (κ3) is 355. The van der Waals surface area contributed by atoms with Gasteiger partial charge < -0.3 is 26.8 Å². The van der Waals surface area contributed by atoms with Gasteiger partial charge in [0.25, 0.3) is 0 Å². The third-order valence-electron chi connectivity index (χ3n) is 0. The van der Waals surface area contributed by atoms with Gasteiger partial charge in [-0.2, -0.15) is 0 Å². The molecule has 0 N–H and O–H groups in total. The Morgan fingerprint density at radius 3 is 0.923 bits per heavy atom. The summed E-state index contributed by atoms with van der Waals surface area (Å²) >= 11 is 0. The smallest absolute Gasteiger partial charge is 0.332 e. The molecule has 0 aromatic rings. The number of hydrogen-bond acceptors (Lipinski definition) is 2. The van der Waals surface area contributed by atoms with Crippen molar-refractivity contribution in [1.82, 2.24) is 0 Å². The Morgan fingerprint density at radius 2 is 0.923 bits per heavy atom. The molecule has 80 valence electrons. The van der Waals surface area contributed by atoms with E-state index in [9.17, 15) is 9.13 Å². The number of rotatable bonds is 0. The fourth-order valence-corrected chi connectivity index (χ4v) is 0. The Labute approximate surface area is 137 Å². The topological polar surface area (TPSA) is 34.1 Å². The zero-order chi connectivity index (χ0) is 7.15. The van der Waals surface area contributed by atoms with Crippen LogP contribution in [0.4, 0.5) is 0 Å². The van der Waals surface area contributed by atoms with E-state index in [1.807, 2.05) is 0 Å². The fraction of sp³-hybridized carbons (Fsp3) is 0.571. The first-order valence-corrected chi connectivity index (χ1v) is 6.84. The second kappa shape index (κ2) is 36.6. The molecular formula is C7H22O2P2Y2-2. The van der Waals surface area contributed by atoms with E-state index in [0.29, 0.717) is 0 Å². The fourth-order valence-electron chi connectivity index (χ4n) is 0. The van der Waals surface area contributed by atoms with Crippen molar-refractivity contribution in [1.29, 1.82) is 0 Å². The first-order valence-electron chi connectivity index (χ1n) is 2.28. The quantitative estimate of drug-likeness (QED) is 0.479. The van der Waals surface area contributed by atoms with Crippen LogP contribution in [0.2, 0.25) is 0 Å². The molecule has 0 aromatic carbocycles. The van der Waals surface area contributed by atoms with Crippen molar-refractivity contribution in [2.24, 2.45) is 0 Å². The van der Waals surface area contributed by atoms with Gasteiger partial charge in [-0.25, -0.2) is 0 Å². The maximum atomic E-state index is 9.63. The summed E-state index contributed by atoms with van der Waals surface area (Å²) in [5, 5.41) is 0.